The van der Waals surface area contributed by atoms with Gasteiger partial charge >= 0.3 is 8.60 Å². The normalized spacial score (nSPS) is 12.5. The van der Waals surface area contributed by atoms with E-state index in [0.29, 0.717) is 5.75 Å². The van der Waals surface area contributed by atoms with Crippen LogP contribution in [0.25, 0.3) is 0 Å². The van der Waals surface area contributed by atoms with Crippen LogP contribution < -0.4 is 9.05 Å². The van der Waals surface area contributed by atoms with Crippen LogP contribution in [0.15, 0.2) is 42.5 Å². The summed E-state index contributed by atoms with van der Waals surface area (Å²) in [7, 11) is -2.08. The van der Waals surface area contributed by atoms with Crippen LogP contribution in [0, 0.1) is 0 Å². The molecule has 4 heteroatoms. The SMILES string of the molecule is CCCCCCCCCc1cccc(OP(O)Oc2ccccc2C(C)(C)C)c1CCCCCCCCC. The molecule has 2 aromatic carbocycles. The quantitative estimate of drug-likeness (QED) is 0.134. The number of rotatable bonds is 20. The summed E-state index contributed by atoms with van der Waals surface area (Å²) in [6.45, 7) is 11.0. The van der Waals surface area contributed by atoms with Crippen molar-refractivity contribution in [2.45, 2.75) is 143 Å². The molecule has 2 aromatic rings. The molecule has 214 valence electrons. The molecule has 0 aliphatic heterocycles. The van der Waals surface area contributed by atoms with Gasteiger partial charge in [-0.1, -0.05) is 142 Å². The van der Waals surface area contributed by atoms with Crippen molar-refractivity contribution in [2.24, 2.45) is 0 Å². The molecule has 1 N–H and O–H groups in total. The van der Waals surface area contributed by atoms with Crippen molar-refractivity contribution in [1.82, 2.24) is 0 Å². The zero-order valence-corrected chi connectivity index (χ0v) is 26.0. The van der Waals surface area contributed by atoms with Gasteiger partial charge in [0, 0.05) is 5.56 Å². The first-order chi connectivity index (χ1) is 18.4. The molecule has 1 atom stereocenters. The maximum Gasteiger partial charge on any atom is 0.460 e. The Kier molecular flexibility index (Phi) is 16.0. The molecule has 38 heavy (non-hydrogen) atoms. The van der Waals surface area contributed by atoms with E-state index in [1.54, 1.807) is 0 Å². The Morgan fingerprint density at radius 1 is 0.605 bits per heavy atom. The molecule has 0 saturated carbocycles. The van der Waals surface area contributed by atoms with E-state index in [9.17, 15) is 4.89 Å². The molecule has 0 amide bonds. The molecule has 0 saturated heterocycles. The summed E-state index contributed by atoms with van der Waals surface area (Å²) in [4.78, 5) is 10.9. The number of hydrogen-bond acceptors (Lipinski definition) is 3. The summed E-state index contributed by atoms with van der Waals surface area (Å²) in [5.74, 6) is 1.49. The van der Waals surface area contributed by atoms with E-state index in [0.717, 1.165) is 30.6 Å². The summed E-state index contributed by atoms with van der Waals surface area (Å²) in [5, 5.41) is 0. The lowest BCUT2D eigenvalue weighted by Gasteiger charge is -2.24. The van der Waals surface area contributed by atoms with Crippen molar-refractivity contribution in [1.29, 1.82) is 0 Å². The predicted octanol–water partition coefficient (Wildman–Crippen LogP) is 11.2. The maximum absolute atomic E-state index is 10.9. The minimum Gasteiger partial charge on any atom is -0.418 e. The third kappa shape index (κ3) is 12.5. The fourth-order valence-electron chi connectivity index (χ4n) is 5.10. The van der Waals surface area contributed by atoms with Crippen LogP contribution in [0.1, 0.15) is 141 Å². The second-order valence-corrected chi connectivity index (χ2v) is 12.6. The second kappa shape index (κ2) is 18.7. The highest BCUT2D eigenvalue weighted by molar-refractivity contribution is 7.41. The van der Waals surface area contributed by atoms with Gasteiger partial charge in [-0.3, -0.25) is 0 Å². The monoisotopic (exact) mass is 542 g/mol. The van der Waals surface area contributed by atoms with Gasteiger partial charge in [0.1, 0.15) is 11.5 Å². The fourth-order valence-corrected chi connectivity index (χ4v) is 5.80. The van der Waals surface area contributed by atoms with Gasteiger partial charge in [-0.2, -0.15) is 0 Å². The van der Waals surface area contributed by atoms with Crippen LogP contribution in [0.3, 0.4) is 0 Å². The van der Waals surface area contributed by atoms with E-state index in [1.807, 2.05) is 24.3 Å². The summed E-state index contributed by atoms with van der Waals surface area (Å²) in [6.07, 6.45) is 20.3. The average Bonchev–Trinajstić information content (AvgIpc) is 2.88. The molecular weight excluding hydrogens is 487 g/mol. The minimum atomic E-state index is -2.08. The first-order valence-corrected chi connectivity index (χ1v) is 16.5. The van der Waals surface area contributed by atoms with Crippen LogP contribution in [0.4, 0.5) is 0 Å². The molecule has 3 nitrogen and oxygen atoms in total. The summed E-state index contributed by atoms with van der Waals surface area (Å²) < 4.78 is 12.1. The third-order valence-corrected chi connectivity index (χ3v) is 8.06. The first-order valence-electron chi connectivity index (χ1n) is 15.4. The van der Waals surface area contributed by atoms with Crippen LogP contribution in [0.2, 0.25) is 0 Å². The van der Waals surface area contributed by atoms with E-state index in [2.05, 4.69) is 52.8 Å². The fraction of sp³-hybridized carbons (Fsp3) is 0.647. The lowest BCUT2D eigenvalue weighted by Crippen LogP contribution is -2.13. The van der Waals surface area contributed by atoms with Crippen molar-refractivity contribution in [2.75, 3.05) is 0 Å². The summed E-state index contributed by atoms with van der Waals surface area (Å²) >= 11 is 0. The number of aryl methyl sites for hydroxylation is 1. The van der Waals surface area contributed by atoms with E-state index < -0.39 is 8.60 Å². The number of para-hydroxylation sites is 1. The maximum atomic E-state index is 10.9. The molecule has 1 unspecified atom stereocenters. The van der Waals surface area contributed by atoms with Gasteiger partial charge in [-0.15, -0.1) is 0 Å². The molecule has 0 fully saturated rings. The molecule has 0 aliphatic carbocycles. The Labute approximate surface area is 235 Å². The van der Waals surface area contributed by atoms with Gasteiger partial charge in [-0.25, -0.2) is 0 Å². The molecule has 0 aromatic heterocycles. The summed E-state index contributed by atoms with van der Waals surface area (Å²) in [5.41, 5.74) is 3.63. The largest absolute Gasteiger partial charge is 0.460 e. The molecule has 2 rings (SSSR count). The third-order valence-electron chi connectivity index (χ3n) is 7.36. The smallest absolute Gasteiger partial charge is 0.418 e. The van der Waals surface area contributed by atoms with Crippen LogP contribution in [-0.2, 0) is 18.3 Å². The first kappa shape index (κ1) is 32.6. The predicted molar refractivity (Wildman–Crippen MR) is 165 cm³/mol. The van der Waals surface area contributed by atoms with Gasteiger partial charge in [0.05, 0.1) is 0 Å². The van der Waals surface area contributed by atoms with Crippen molar-refractivity contribution < 1.29 is 13.9 Å². The van der Waals surface area contributed by atoms with E-state index in [1.165, 1.54) is 94.6 Å². The van der Waals surface area contributed by atoms with Crippen molar-refractivity contribution in [3.63, 3.8) is 0 Å². The number of benzene rings is 2. The highest BCUT2D eigenvalue weighted by Crippen LogP contribution is 2.42. The highest BCUT2D eigenvalue weighted by atomic mass is 31.2. The Balaban J connectivity index is 2.05. The van der Waals surface area contributed by atoms with Crippen molar-refractivity contribution >= 4 is 8.60 Å². The Morgan fingerprint density at radius 2 is 1.11 bits per heavy atom. The van der Waals surface area contributed by atoms with E-state index >= 15 is 0 Å². The van der Waals surface area contributed by atoms with Crippen molar-refractivity contribution in [3.05, 3.63) is 59.2 Å². The van der Waals surface area contributed by atoms with E-state index in [4.69, 9.17) is 9.05 Å². The van der Waals surface area contributed by atoms with Gasteiger partial charge in [-0.05, 0) is 54.4 Å². The van der Waals surface area contributed by atoms with Gasteiger partial charge in [0.2, 0.25) is 0 Å². The molecule has 0 spiro atoms. The standard InChI is InChI=1S/C34H55O3P/c1-6-8-10-12-14-16-18-23-29-24-22-28-32(30(29)25-19-17-15-13-11-9-7-2)36-38(35)37-33-27-21-20-26-31(33)34(3,4)5/h20-22,24,26-28,35H,6-19,23,25H2,1-5H3. The molecule has 0 heterocycles. The average molecular weight is 543 g/mol. The van der Waals surface area contributed by atoms with Crippen molar-refractivity contribution in [3.8, 4) is 11.5 Å². The Hall–Kier alpha value is -1.57. The zero-order valence-electron chi connectivity index (χ0n) is 25.1. The lowest BCUT2D eigenvalue weighted by molar-refractivity contribution is 0.374. The number of hydrogen-bond donors (Lipinski definition) is 1. The Bertz CT molecular complexity index is 890. The highest BCUT2D eigenvalue weighted by Gasteiger charge is 2.22. The van der Waals surface area contributed by atoms with Gasteiger partial charge in [0.15, 0.2) is 0 Å². The number of unbranched alkanes of at least 4 members (excludes halogenated alkanes) is 12. The zero-order chi connectivity index (χ0) is 27.6. The molecular formula is C34H55O3P. The minimum absolute atomic E-state index is 0.0779. The Morgan fingerprint density at radius 3 is 1.71 bits per heavy atom. The molecule has 0 bridgehead atoms. The van der Waals surface area contributed by atoms with E-state index in [-0.39, 0.29) is 5.41 Å². The van der Waals surface area contributed by atoms with Crippen LogP contribution >= 0.6 is 8.60 Å². The van der Waals surface area contributed by atoms with Crippen LogP contribution in [-0.4, -0.2) is 4.89 Å². The lowest BCUT2D eigenvalue weighted by atomic mass is 9.86. The van der Waals surface area contributed by atoms with Gasteiger partial charge in [0.25, 0.3) is 0 Å². The van der Waals surface area contributed by atoms with Crippen LogP contribution in [0.5, 0.6) is 11.5 Å². The van der Waals surface area contributed by atoms with Gasteiger partial charge < -0.3 is 13.9 Å². The molecule has 0 aliphatic rings. The summed E-state index contributed by atoms with van der Waals surface area (Å²) in [6, 6.07) is 14.3. The topological polar surface area (TPSA) is 38.7 Å². The molecule has 0 radical (unpaired) electrons. The second-order valence-electron chi connectivity index (χ2n) is 11.8.